The van der Waals surface area contributed by atoms with Crippen LogP contribution in [0.15, 0.2) is 66.7 Å². The predicted molar refractivity (Wildman–Crippen MR) is 127 cm³/mol. The summed E-state index contributed by atoms with van der Waals surface area (Å²) in [5, 5.41) is 2.93. The number of imide groups is 1. The molecule has 6 heteroatoms. The fraction of sp³-hybridized carbons (Fsp3) is 0.393. The van der Waals surface area contributed by atoms with Crippen molar-refractivity contribution in [2.24, 2.45) is 35.5 Å². The molecular weight excluding hydrogens is 428 g/mol. The second-order valence-electron chi connectivity index (χ2n) is 9.85. The third-order valence-corrected chi connectivity index (χ3v) is 8.02. The Labute approximate surface area is 199 Å². The lowest BCUT2D eigenvalue weighted by molar-refractivity contribution is -0.146. The molecule has 0 spiro atoms. The molecule has 1 aliphatic heterocycles. The number of hydrogen-bond donors (Lipinski definition) is 1. The molecule has 174 valence electrons. The van der Waals surface area contributed by atoms with E-state index in [2.05, 4.69) is 17.5 Å². The van der Waals surface area contributed by atoms with Crippen molar-refractivity contribution in [3.63, 3.8) is 0 Å². The molecule has 2 saturated carbocycles. The van der Waals surface area contributed by atoms with Crippen LogP contribution in [0.3, 0.4) is 0 Å². The van der Waals surface area contributed by atoms with Crippen LogP contribution in [-0.4, -0.2) is 35.3 Å². The molecule has 4 aliphatic carbocycles. The van der Waals surface area contributed by atoms with Gasteiger partial charge in [-0.25, -0.2) is 0 Å². The number of rotatable bonds is 7. The van der Waals surface area contributed by atoms with E-state index in [-0.39, 0.29) is 47.8 Å². The van der Waals surface area contributed by atoms with Crippen LogP contribution in [0.25, 0.3) is 0 Å². The zero-order chi connectivity index (χ0) is 23.4. The van der Waals surface area contributed by atoms with Gasteiger partial charge in [-0.1, -0.05) is 42.5 Å². The van der Waals surface area contributed by atoms with Gasteiger partial charge >= 0.3 is 0 Å². The second-order valence-corrected chi connectivity index (χ2v) is 9.85. The average Bonchev–Trinajstić information content (AvgIpc) is 3.63. The van der Waals surface area contributed by atoms with Gasteiger partial charge in [0.15, 0.2) is 0 Å². The van der Waals surface area contributed by atoms with Crippen LogP contribution >= 0.6 is 0 Å². The van der Waals surface area contributed by atoms with E-state index in [9.17, 15) is 14.4 Å². The first-order valence-corrected chi connectivity index (χ1v) is 12.2. The molecule has 0 aromatic heterocycles. The van der Waals surface area contributed by atoms with Crippen molar-refractivity contribution in [2.45, 2.75) is 25.8 Å². The zero-order valence-corrected chi connectivity index (χ0v) is 19.1. The van der Waals surface area contributed by atoms with Gasteiger partial charge in [-0.3, -0.25) is 19.3 Å². The fourth-order valence-corrected chi connectivity index (χ4v) is 6.45. The van der Waals surface area contributed by atoms with E-state index in [4.69, 9.17) is 4.74 Å². The molecule has 1 saturated heterocycles. The highest BCUT2D eigenvalue weighted by molar-refractivity contribution is 6.10. The Morgan fingerprint density at radius 2 is 1.59 bits per heavy atom. The normalized spacial score (nSPS) is 31.1. The Morgan fingerprint density at radius 1 is 0.971 bits per heavy atom. The van der Waals surface area contributed by atoms with Crippen LogP contribution in [0.4, 0.5) is 5.69 Å². The van der Waals surface area contributed by atoms with Crippen LogP contribution in [0, 0.1) is 35.5 Å². The smallest absolute Gasteiger partial charge is 0.248 e. The average molecular weight is 457 g/mol. The van der Waals surface area contributed by atoms with E-state index >= 15 is 0 Å². The number of ether oxygens (including phenoxy) is 1. The van der Waals surface area contributed by atoms with Crippen LogP contribution in [0.5, 0.6) is 5.75 Å². The first-order chi connectivity index (χ1) is 16.6. The number of benzene rings is 2. The number of amides is 3. The van der Waals surface area contributed by atoms with Gasteiger partial charge in [0.25, 0.3) is 0 Å². The summed E-state index contributed by atoms with van der Waals surface area (Å²) in [5.74, 6) is 0.698. The van der Waals surface area contributed by atoms with Crippen molar-refractivity contribution >= 4 is 23.4 Å². The summed E-state index contributed by atoms with van der Waals surface area (Å²) in [5.41, 5.74) is 1.51. The highest BCUT2D eigenvalue weighted by Crippen LogP contribution is 2.65. The van der Waals surface area contributed by atoms with Gasteiger partial charge in [0.05, 0.1) is 18.4 Å². The van der Waals surface area contributed by atoms with Crippen LogP contribution < -0.4 is 10.1 Å². The third kappa shape index (κ3) is 3.35. The van der Waals surface area contributed by atoms with Gasteiger partial charge in [-0.15, -0.1) is 0 Å². The zero-order valence-electron chi connectivity index (χ0n) is 19.1. The van der Waals surface area contributed by atoms with Gasteiger partial charge in [-0.2, -0.15) is 0 Å². The summed E-state index contributed by atoms with van der Waals surface area (Å²) in [7, 11) is 0. The molecule has 2 bridgehead atoms. The topological polar surface area (TPSA) is 75.7 Å². The van der Waals surface area contributed by atoms with E-state index < -0.39 is 6.04 Å². The Balaban J connectivity index is 1.29. The van der Waals surface area contributed by atoms with Gasteiger partial charge < -0.3 is 10.1 Å². The lowest BCUT2D eigenvalue weighted by Crippen LogP contribution is -2.49. The molecule has 3 fully saturated rings. The number of carbonyl (C=O) groups excluding carboxylic acids is 3. The summed E-state index contributed by atoms with van der Waals surface area (Å²) in [6.07, 6.45) is 5.71. The van der Waals surface area contributed by atoms with Crippen molar-refractivity contribution in [3.8, 4) is 5.75 Å². The van der Waals surface area contributed by atoms with Gasteiger partial charge in [0, 0.05) is 12.1 Å². The van der Waals surface area contributed by atoms with Gasteiger partial charge in [0.2, 0.25) is 17.7 Å². The highest BCUT2D eigenvalue weighted by Gasteiger charge is 2.67. The molecule has 5 aliphatic rings. The molecule has 0 radical (unpaired) electrons. The molecule has 0 unspecified atom stereocenters. The Hall–Kier alpha value is -3.41. The number of anilines is 1. The van der Waals surface area contributed by atoms with Crippen molar-refractivity contribution in [1.29, 1.82) is 0 Å². The minimum Gasteiger partial charge on any atom is -0.494 e. The molecule has 3 amide bonds. The van der Waals surface area contributed by atoms with E-state index in [1.54, 1.807) is 24.3 Å². The van der Waals surface area contributed by atoms with E-state index in [0.29, 0.717) is 24.1 Å². The number of nitrogens with zero attached hydrogens (tertiary/aromatic N) is 1. The molecule has 7 atom stereocenters. The summed E-state index contributed by atoms with van der Waals surface area (Å²) in [4.78, 5) is 42.2. The minimum atomic E-state index is -0.893. The Kier molecular flexibility index (Phi) is 5.05. The van der Waals surface area contributed by atoms with Crippen LogP contribution in [0.1, 0.15) is 18.9 Å². The Bertz CT molecular complexity index is 1120. The monoisotopic (exact) mass is 456 g/mol. The molecular formula is C28H28N2O4. The quantitative estimate of drug-likeness (QED) is 0.509. The molecule has 1 N–H and O–H groups in total. The maximum atomic E-state index is 13.7. The Morgan fingerprint density at radius 3 is 2.18 bits per heavy atom. The minimum absolute atomic E-state index is 0.132. The number of nitrogens with one attached hydrogen (secondary N) is 1. The number of likely N-dealkylation sites (tertiary alicyclic amines) is 1. The predicted octanol–water partition coefficient (Wildman–Crippen LogP) is 3.69. The molecule has 2 aromatic rings. The standard InChI is InChI=1S/C28H28N2O4/c1-2-34-18-10-8-17(9-11-18)29-26(31)23(14-16-6-4-3-5-7-16)30-27(32)24-19-12-13-20(22-15-21(19)22)25(24)28(30)33/h3-13,19-25H,2,14-15H2,1H3,(H,29,31)/t19-,20-,21-,22-,23+,24+,25+/m1/s1. The van der Waals surface area contributed by atoms with Crippen molar-refractivity contribution in [3.05, 3.63) is 72.3 Å². The first-order valence-electron chi connectivity index (χ1n) is 12.2. The van der Waals surface area contributed by atoms with E-state index in [1.807, 2.05) is 37.3 Å². The van der Waals surface area contributed by atoms with Crippen molar-refractivity contribution in [2.75, 3.05) is 11.9 Å². The molecule has 1 heterocycles. The SMILES string of the molecule is CCOc1ccc(NC(=O)[C@H](Cc2ccccc2)N2C(=O)[C@H]3[C@@H]4C=C[C@H]([C@H]5C[C@H]45)[C@@H]3C2=O)cc1. The van der Waals surface area contributed by atoms with Crippen molar-refractivity contribution in [1.82, 2.24) is 4.90 Å². The number of allylic oxidation sites excluding steroid dienone is 2. The van der Waals surface area contributed by atoms with E-state index in [1.165, 1.54) is 4.90 Å². The van der Waals surface area contributed by atoms with Gasteiger partial charge in [0.1, 0.15) is 11.8 Å². The molecule has 2 aromatic carbocycles. The van der Waals surface area contributed by atoms with E-state index in [0.717, 1.165) is 17.7 Å². The summed E-state index contributed by atoms with van der Waals surface area (Å²) < 4.78 is 5.48. The maximum Gasteiger partial charge on any atom is 0.248 e. The summed E-state index contributed by atoms with van der Waals surface area (Å²) in [6, 6.07) is 15.8. The number of carbonyl (C=O) groups is 3. The molecule has 6 nitrogen and oxygen atoms in total. The van der Waals surface area contributed by atoms with Crippen LogP contribution in [0.2, 0.25) is 0 Å². The molecule has 7 rings (SSSR count). The van der Waals surface area contributed by atoms with Gasteiger partial charge in [-0.05, 0) is 66.8 Å². The first kappa shape index (κ1) is 21.1. The second kappa shape index (κ2) is 8.12. The van der Waals surface area contributed by atoms with Crippen LogP contribution in [-0.2, 0) is 20.8 Å². The highest BCUT2D eigenvalue weighted by atomic mass is 16.5. The lowest BCUT2D eigenvalue weighted by atomic mass is 9.63. The third-order valence-electron chi connectivity index (χ3n) is 8.02. The summed E-state index contributed by atoms with van der Waals surface area (Å²) >= 11 is 0. The fourth-order valence-electron chi connectivity index (χ4n) is 6.45. The number of hydrogen-bond acceptors (Lipinski definition) is 4. The molecule has 34 heavy (non-hydrogen) atoms. The van der Waals surface area contributed by atoms with Crippen molar-refractivity contribution < 1.29 is 19.1 Å². The summed E-state index contributed by atoms with van der Waals surface area (Å²) in [6.45, 7) is 2.47. The largest absolute Gasteiger partial charge is 0.494 e. The lowest BCUT2D eigenvalue weighted by Gasteiger charge is -2.37. The maximum absolute atomic E-state index is 13.7.